The van der Waals surface area contributed by atoms with Crippen LogP contribution in [0.25, 0.3) is 0 Å². The molecule has 3 heteroatoms. The van der Waals surface area contributed by atoms with E-state index in [1.807, 2.05) is 6.07 Å². The Hall–Kier alpha value is -0.540. The number of hydrogen-bond acceptors (Lipinski definition) is 3. The third kappa shape index (κ3) is 1.47. The Bertz CT molecular complexity index is 253. The lowest BCUT2D eigenvalue weighted by molar-refractivity contribution is 0.427. The fourth-order valence-corrected chi connectivity index (χ4v) is 2.49. The van der Waals surface area contributed by atoms with E-state index < -0.39 is 0 Å². The van der Waals surface area contributed by atoms with Gasteiger partial charge in [-0.15, -0.1) is 11.3 Å². The van der Waals surface area contributed by atoms with Crippen LogP contribution in [-0.4, -0.2) is 13.7 Å². The van der Waals surface area contributed by atoms with Crippen molar-refractivity contribution in [3.05, 3.63) is 17.0 Å². The molecule has 0 saturated carbocycles. The molecule has 2 nitrogen and oxygen atoms in total. The van der Waals surface area contributed by atoms with Crippen molar-refractivity contribution in [1.82, 2.24) is 5.32 Å². The van der Waals surface area contributed by atoms with Gasteiger partial charge in [-0.05, 0) is 31.5 Å². The van der Waals surface area contributed by atoms with E-state index in [2.05, 4.69) is 11.4 Å². The highest BCUT2D eigenvalue weighted by atomic mass is 32.1. The molecule has 1 aromatic rings. The number of nitrogens with one attached hydrogen (secondary N) is 1. The molecule has 0 unspecified atom stereocenters. The van der Waals surface area contributed by atoms with Crippen molar-refractivity contribution in [2.75, 3.05) is 13.7 Å². The lowest BCUT2D eigenvalue weighted by Gasteiger charge is -2.05. The molecule has 0 amide bonds. The van der Waals surface area contributed by atoms with Gasteiger partial charge in [-0.25, -0.2) is 0 Å². The first kappa shape index (κ1) is 8.08. The average molecular weight is 183 g/mol. The number of rotatable bonds is 2. The predicted molar refractivity (Wildman–Crippen MR) is 50.8 cm³/mol. The van der Waals surface area contributed by atoms with E-state index in [0.717, 1.165) is 11.6 Å². The molecular weight excluding hydrogens is 170 g/mol. The normalized spacial score (nSPS) is 22.9. The molecule has 0 radical (unpaired) electrons. The summed E-state index contributed by atoms with van der Waals surface area (Å²) in [6.07, 6.45) is 2.56. The molecule has 0 spiro atoms. The van der Waals surface area contributed by atoms with Gasteiger partial charge in [0.1, 0.15) is 0 Å². The minimum atomic E-state index is 0.582. The fraction of sp³-hybridized carbons (Fsp3) is 0.556. The predicted octanol–water partition coefficient (Wildman–Crippen LogP) is 2.18. The van der Waals surface area contributed by atoms with Crippen LogP contribution in [0.3, 0.4) is 0 Å². The van der Waals surface area contributed by atoms with Gasteiger partial charge in [-0.1, -0.05) is 0 Å². The van der Waals surface area contributed by atoms with Gasteiger partial charge in [0.05, 0.1) is 7.11 Å². The van der Waals surface area contributed by atoms with Crippen LogP contribution >= 0.6 is 11.3 Å². The maximum Gasteiger partial charge on any atom is 0.173 e. The molecule has 0 aromatic carbocycles. The van der Waals surface area contributed by atoms with Crippen LogP contribution in [0.2, 0.25) is 0 Å². The van der Waals surface area contributed by atoms with Gasteiger partial charge in [-0.3, -0.25) is 0 Å². The Morgan fingerprint density at radius 1 is 1.58 bits per heavy atom. The quantitative estimate of drug-likeness (QED) is 0.758. The van der Waals surface area contributed by atoms with Gasteiger partial charge in [0.2, 0.25) is 0 Å². The SMILES string of the molecule is COc1ccc([C@@H]2CCCN2)s1. The molecule has 1 aliphatic heterocycles. The molecule has 0 aliphatic carbocycles. The Kier molecular flexibility index (Phi) is 2.33. The van der Waals surface area contributed by atoms with Gasteiger partial charge in [0.25, 0.3) is 0 Å². The Morgan fingerprint density at radius 2 is 2.50 bits per heavy atom. The van der Waals surface area contributed by atoms with Crippen LogP contribution in [0, 0.1) is 0 Å². The average Bonchev–Trinajstić information content (AvgIpc) is 2.75. The minimum absolute atomic E-state index is 0.582. The molecule has 12 heavy (non-hydrogen) atoms. The highest BCUT2D eigenvalue weighted by Crippen LogP contribution is 2.32. The number of hydrogen-bond donors (Lipinski definition) is 1. The van der Waals surface area contributed by atoms with E-state index in [1.165, 1.54) is 17.7 Å². The molecule has 2 heterocycles. The molecule has 1 fully saturated rings. The van der Waals surface area contributed by atoms with Gasteiger partial charge in [0.15, 0.2) is 5.06 Å². The van der Waals surface area contributed by atoms with Gasteiger partial charge in [-0.2, -0.15) is 0 Å². The van der Waals surface area contributed by atoms with E-state index in [4.69, 9.17) is 4.74 Å². The minimum Gasteiger partial charge on any atom is -0.487 e. The molecule has 2 rings (SSSR count). The summed E-state index contributed by atoms with van der Waals surface area (Å²) < 4.78 is 5.15. The maximum atomic E-state index is 5.15. The number of thiophene rings is 1. The third-order valence-corrected chi connectivity index (χ3v) is 3.37. The smallest absolute Gasteiger partial charge is 0.173 e. The lowest BCUT2D eigenvalue weighted by Crippen LogP contribution is -2.11. The van der Waals surface area contributed by atoms with Crippen LogP contribution in [0.4, 0.5) is 0 Å². The zero-order valence-electron chi connectivity index (χ0n) is 7.17. The van der Waals surface area contributed by atoms with Crippen LogP contribution < -0.4 is 10.1 Å². The lowest BCUT2D eigenvalue weighted by atomic mass is 10.2. The molecule has 1 saturated heterocycles. The summed E-state index contributed by atoms with van der Waals surface area (Å²) >= 11 is 1.75. The van der Waals surface area contributed by atoms with Crippen molar-refractivity contribution >= 4 is 11.3 Å². The first-order valence-corrected chi connectivity index (χ1v) is 5.09. The van der Waals surface area contributed by atoms with Crippen molar-refractivity contribution < 1.29 is 4.74 Å². The van der Waals surface area contributed by atoms with Crippen molar-refractivity contribution in [2.45, 2.75) is 18.9 Å². The van der Waals surface area contributed by atoms with E-state index in [1.54, 1.807) is 18.4 Å². The van der Waals surface area contributed by atoms with Crippen LogP contribution in [0.15, 0.2) is 12.1 Å². The summed E-state index contributed by atoms with van der Waals surface area (Å²) in [6.45, 7) is 1.16. The second kappa shape index (κ2) is 3.46. The fourth-order valence-electron chi connectivity index (χ4n) is 1.56. The second-order valence-electron chi connectivity index (χ2n) is 3.01. The largest absolute Gasteiger partial charge is 0.487 e. The molecule has 66 valence electrons. The zero-order chi connectivity index (χ0) is 8.39. The van der Waals surface area contributed by atoms with Gasteiger partial charge in [0, 0.05) is 10.9 Å². The van der Waals surface area contributed by atoms with E-state index in [0.29, 0.717) is 6.04 Å². The maximum absolute atomic E-state index is 5.15. The Labute approximate surface area is 76.6 Å². The number of ether oxygens (including phenoxy) is 1. The highest BCUT2D eigenvalue weighted by Gasteiger charge is 2.17. The summed E-state index contributed by atoms with van der Waals surface area (Å²) in [5, 5.41) is 4.48. The Morgan fingerprint density at radius 3 is 3.08 bits per heavy atom. The standard InChI is InChI=1S/C9H13NOS/c1-11-9-5-4-8(12-9)7-3-2-6-10-7/h4-5,7,10H,2-3,6H2,1H3/t7-/m0/s1. The topological polar surface area (TPSA) is 21.3 Å². The molecule has 1 aromatic heterocycles. The monoisotopic (exact) mass is 183 g/mol. The first-order chi connectivity index (χ1) is 5.90. The third-order valence-electron chi connectivity index (χ3n) is 2.21. The van der Waals surface area contributed by atoms with E-state index in [-0.39, 0.29) is 0 Å². The van der Waals surface area contributed by atoms with E-state index in [9.17, 15) is 0 Å². The molecule has 0 bridgehead atoms. The number of methoxy groups -OCH3 is 1. The summed E-state index contributed by atoms with van der Waals surface area (Å²) in [7, 11) is 1.72. The molecule has 1 atom stereocenters. The van der Waals surface area contributed by atoms with Crippen molar-refractivity contribution in [3.63, 3.8) is 0 Å². The van der Waals surface area contributed by atoms with Crippen LogP contribution in [-0.2, 0) is 0 Å². The second-order valence-corrected chi connectivity index (χ2v) is 4.09. The summed E-state index contributed by atoms with van der Waals surface area (Å²) in [6, 6.07) is 4.78. The molecule has 1 aliphatic rings. The highest BCUT2D eigenvalue weighted by molar-refractivity contribution is 7.13. The molecular formula is C9H13NOS. The van der Waals surface area contributed by atoms with E-state index >= 15 is 0 Å². The van der Waals surface area contributed by atoms with Gasteiger partial charge < -0.3 is 10.1 Å². The van der Waals surface area contributed by atoms with Crippen LogP contribution in [0.5, 0.6) is 5.06 Å². The summed E-state index contributed by atoms with van der Waals surface area (Å²) in [5.41, 5.74) is 0. The molecule has 1 N–H and O–H groups in total. The van der Waals surface area contributed by atoms with Crippen molar-refractivity contribution in [3.8, 4) is 5.06 Å². The zero-order valence-corrected chi connectivity index (χ0v) is 7.99. The summed E-state index contributed by atoms with van der Waals surface area (Å²) in [4.78, 5) is 1.41. The van der Waals surface area contributed by atoms with Crippen molar-refractivity contribution in [1.29, 1.82) is 0 Å². The summed E-state index contributed by atoms with van der Waals surface area (Å²) in [5.74, 6) is 0. The van der Waals surface area contributed by atoms with Crippen LogP contribution in [0.1, 0.15) is 23.8 Å². The Balaban J connectivity index is 2.11. The van der Waals surface area contributed by atoms with Crippen molar-refractivity contribution in [2.24, 2.45) is 0 Å². The first-order valence-electron chi connectivity index (χ1n) is 4.27. The van der Waals surface area contributed by atoms with Gasteiger partial charge >= 0.3 is 0 Å².